The Kier molecular flexibility index (Phi) is 6.14. The number of carbonyl (C=O) groups excluding carboxylic acids is 2. The zero-order chi connectivity index (χ0) is 21.9. The molecule has 0 heterocycles. The third-order valence-corrected chi connectivity index (χ3v) is 6.41. The lowest BCUT2D eigenvalue weighted by Gasteiger charge is -2.13. The molecular weight excluding hydrogens is 400 g/mol. The maximum Gasteiger partial charge on any atom is 0.256 e. The second kappa shape index (κ2) is 8.61. The fourth-order valence-corrected chi connectivity index (χ4v) is 3.83. The number of hydrogen-bond acceptors (Lipinski definition) is 4. The highest BCUT2D eigenvalue weighted by Crippen LogP contribution is 2.20. The molecular formula is C23H22N2O4S. The van der Waals surface area contributed by atoms with Crippen molar-refractivity contribution in [2.24, 2.45) is 0 Å². The molecule has 0 aliphatic carbocycles. The first-order valence-electron chi connectivity index (χ1n) is 9.24. The van der Waals surface area contributed by atoms with E-state index in [1.54, 1.807) is 48.5 Å². The van der Waals surface area contributed by atoms with Crippen LogP contribution in [0.15, 0.2) is 77.7 Å². The molecule has 0 bridgehead atoms. The summed E-state index contributed by atoms with van der Waals surface area (Å²) >= 11 is 0. The van der Waals surface area contributed by atoms with Gasteiger partial charge in [0.1, 0.15) is 0 Å². The Morgan fingerprint density at radius 2 is 1.47 bits per heavy atom. The Hall–Kier alpha value is -3.29. The normalized spacial score (nSPS) is 11.3. The smallest absolute Gasteiger partial charge is 0.256 e. The van der Waals surface area contributed by atoms with Gasteiger partial charge in [0.2, 0.25) is 10.0 Å². The third-order valence-electron chi connectivity index (χ3n) is 4.60. The molecule has 30 heavy (non-hydrogen) atoms. The van der Waals surface area contributed by atoms with Crippen molar-refractivity contribution in [2.75, 3.05) is 19.4 Å². The number of sulfonamides is 1. The molecule has 0 saturated heterocycles. The van der Waals surface area contributed by atoms with Crippen molar-refractivity contribution >= 4 is 27.4 Å². The molecule has 0 aliphatic heterocycles. The molecule has 0 spiro atoms. The minimum absolute atomic E-state index is 0.0642. The van der Waals surface area contributed by atoms with Crippen LogP contribution in [0.2, 0.25) is 0 Å². The van der Waals surface area contributed by atoms with Crippen LogP contribution in [-0.2, 0) is 10.0 Å². The quantitative estimate of drug-likeness (QED) is 0.614. The Balaban J connectivity index is 1.91. The number of benzene rings is 3. The van der Waals surface area contributed by atoms with Crippen molar-refractivity contribution in [3.8, 4) is 0 Å². The standard InChI is InChI=1S/C23H22N2O4S/c1-16-11-13-17(14-12-16)22(26)20-9-4-5-10-21(20)23(27)24-18-7-6-8-19(15-18)30(28,29)25(2)3/h4-15H,1-3H3,(H,24,27). The average Bonchev–Trinajstić information content (AvgIpc) is 2.74. The number of amides is 1. The molecule has 0 saturated carbocycles. The predicted molar refractivity (Wildman–Crippen MR) is 116 cm³/mol. The lowest BCUT2D eigenvalue weighted by Crippen LogP contribution is -2.22. The van der Waals surface area contributed by atoms with E-state index in [-0.39, 0.29) is 21.8 Å². The molecule has 154 valence electrons. The molecule has 1 N–H and O–H groups in total. The number of rotatable bonds is 6. The fraction of sp³-hybridized carbons (Fsp3) is 0.130. The van der Waals surface area contributed by atoms with Gasteiger partial charge in [0.15, 0.2) is 5.78 Å². The Morgan fingerprint density at radius 3 is 2.10 bits per heavy atom. The highest BCUT2D eigenvalue weighted by Gasteiger charge is 2.20. The predicted octanol–water partition coefficient (Wildman–Crippen LogP) is 3.73. The van der Waals surface area contributed by atoms with Crippen molar-refractivity contribution in [2.45, 2.75) is 11.8 Å². The highest BCUT2D eigenvalue weighted by atomic mass is 32.2. The van der Waals surface area contributed by atoms with Crippen molar-refractivity contribution in [3.05, 3.63) is 95.1 Å². The van der Waals surface area contributed by atoms with Gasteiger partial charge in [0.05, 0.1) is 10.5 Å². The number of ketones is 1. The molecule has 7 heteroatoms. The van der Waals surface area contributed by atoms with E-state index < -0.39 is 15.9 Å². The Morgan fingerprint density at radius 1 is 0.833 bits per heavy atom. The molecule has 3 rings (SSSR count). The second-order valence-electron chi connectivity index (χ2n) is 7.01. The molecule has 3 aromatic rings. The van der Waals surface area contributed by atoms with Crippen LogP contribution < -0.4 is 5.32 Å². The van der Waals surface area contributed by atoms with Gasteiger partial charge in [0.25, 0.3) is 5.91 Å². The van der Waals surface area contributed by atoms with E-state index in [1.807, 2.05) is 19.1 Å². The minimum Gasteiger partial charge on any atom is -0.322 e. The van der Waals surface area contributed by atoms with Crippen LogP contribution in [0.25, 0.3) is 0 Å². The van der Waals surface area contributed by atoms with E-state index in [1.165, 1.54) is 26.2 Å². The molecule has 1 amide bonds. The van der Waals surface area contributed by atoms with Gasteiger partial charge in [-0.3, -0.25) is 9.59 Å². The lowest BCUT2D eigenvalue weighted by molar-refractivity contribution is 0.0996. The maximum absolute atomic E-state index is 12.9. The molecule has 3 aromatic carbocycles. The fourth-order valence-electron chi connectivity index (χ4n) is 2.88. The van der Waals surface area contributed by atoms with Crippen molar-refractivity contribution in [1.29, 1.82) is 0 Å². The summed E-state index contributed by atoms with van der Waals surface area (Å²) in [7, 11) is -0.757. The molecule has 6 nitrogen and oxygen atoms in total. The lowest BCUT2D eigenvalue weighted by atomic mass is 9.97. The van der Waals surface area contributed by atoms with Gasteiger partial charge in [0, 0.05) is 30.9 Å². The summed E-state index contributed by atoms with van der Waals surface area (Å²) in [5.74, 6) is -0.754. The number of nitrogens with zero attached hydrogens (tertiary/aromatic N) is 1. The van der Waals surface area contributed by atoms with Crippen LogP contribution in [0.5, 0.6) is 0 Å². The molecule has 0 aromatic heterocycles. The molecule has 0 fully saturated rings. The number of aryl methyl sites for hydroxylation is 1. The van der Waals surface area contributed by atoms with E-state index in [2.05, 4.69) is 5.32 Å². The summed E-state index contributed by atoms with van der Waals surface area (Å²) in [5.41, 5.74) is 2.32. The van der Waals surface area contributed by atoms with Crippen LogP contribution in [0.1, 0.15) is 31.8 Å². The maximum atomic E-state index is 12.9. The van der Waals surface area contributed by atoms with Crippen LogP contribution >= 0.6 is 0 Å². The Labute approximate surface area is 176 Å². The number of nitrogens with one attached hydrogen (secondary N) is 1. The highest BCUT2D eigenvalue weighted by molar-refractivity contribution is 7.89. The van der Waals surface area contributed by atoms with E-state index in [4.69, 9.17) is 0 Å². The average molecular weight is 423 g/mol. The zero-order valence-corrected chi connectivity index (χ0v) is 17.7. The van der Waals surface area contributed by atoms with Gasteiger partial charge >= 0.3 is 0 Å². The van der Waals surface area contributed by atoms with E-state index >= 15 is 0 Å². The van der Waals surface area contributed by atoms with E-state index in [0.29, 0.717) is 11.3 Å². The first kappa shape index (κ1) is 21.4. The topological polar surface area (TPSA) is 83.5 Å². The molecule has 0 atom stereocenters. The van der Waals surface area contributed by atoms with Gasteiger partial charge in [-0.05, 0) is 31.2 Å². The van der Waals surface area contributed by atoms with Crippen LogP contribution in [0.4, 0.5) is 5.69 Å². The van der Waals surface area contributed by atoms with Crippen molar-refractivity contribution in [1.82, 2.24) is 4.31 Å². The van der Waals surface area contributed by atoms with Gasteiger partial charge < -0.3 is 5.32 Å². The number of carbonyl (C=O) groups is 2. The summed E-state index contributed by atoms with van der Waals surface area (Å²) in [6.07, 6.45) is 0. The van der Waals surface area contributed by atoms with Crippen molar-refractivity contribution in [3.63, 3.8) is 0 Å². The minimum atomic E-state index is -3.63. The summed E-state index contributed by atoms with van der Waals surface area (Å²) in [6, 6.07) is 19.7. The van der Waals surface area contributed by atoms with Gasteiger partial charge in [-0.2, -0.15) is 0 Å². The molecule has 0 unspecified atom stereocenters. The second-order valence-corrected chi connectivity index (χ2v) is 9.16. The molecule has 0 radical (unpaired) electrons. The largest absolute Gasteiger partial charge is 0.322 e. The Bertz CT molecular complexity index is 1200. The number of anilines is 1. The molecule has 0 aliphatic rings. The van der Waals surface area contributed by atoms with Crippen LogP contribution in [0.3, 0.4) is 0 Å². The zero-order valence-electron chi connectivity index (χ0n) is 16.9. The van der Waals surface area contributed by atoms with E-state index in [0.717, 1.165) is 9.87 Å². The number of hydrogen-bond donors (Lipinski definition) is 1. The van der Waals surface area contributed by atoms with Crippen molar-refractivity contribution < 1.29 is 18.0 Å². The summed E-state index contributed by atoms with van der Waals surface area (Å²) in [5, 5.41) is 2.69. The summed E-state index contributed by atoms with van der Waals surface area (Å²) in [6.45, 7) is 1.93. The SMILES string of the molecule is Cc1ccc(C(=O)c2ccccc2C(=O)Nc2cccc(S(=O)(=O)N(C)C)c2)cc1. The monoisotopic (exact) mass is 422 g/mol. The van der Waals surface area contributed by atoms with Gasteiger partial charge in [-0.25, -0.2) is 12.7 Å². The summed E-state index contributed by atoms with van der Waals surface area (Å²) < 4.78 is 25.8. The summed E-state index contributed by atoms with van der Waals surface area (Å²) in [4.78, 5) is 25.9. The van der Waals surface area contributed by atoms with Crippen LogP contribution in [0, 0.1) is 6.92 Å². The van der Waals surface area contributed by atoms with E-state index in [9.17, 15) is 18.0 Å². The first-order valence-corrected chi connectivity index (χ1v) is 10.7. The van der Waals surface area contributed by atoms with Crippen LogP contribution in [-0.4, -0.2) is 38.5 Å². The third kappa shape index (κ3) is 4.48. The first-order chi connectivity index (χ1) is 14.2. The van der Waals surface area contributed by atoms with Gasteiger partial charge in [-0.15, -0.1) is 0 Å². The van der Waals surface area contributed by atoms with Gasteiger partial charge in [-0.1, -0.05) is 54.1 Å².